The Bertz CT molecular complexity index is 1140. The second kappa shape index (κ2) is 6.50. The quantitative estimate of drug-likeness (QED) is 0.632. The van der Waals surface area contributed by atoms with E-state index in [9.17, 15) is 9.59 Å². The zero-order chi connectivity index (χ0) is 18.2. The first-order valence-electron chi connectivity index (χ1n) is 7.59. The van der Waals surface area contributed by atoms with Gasteiger partial charge in [-0.2, -0.15) is 0 Å². The summed E-state index contributed by atoms with van der Waals surface area (Å²) in [4.78, 5) is 37.9. The fourth-order valence-corrected chi connectivity index (χ4v) is 3.40. The molecular formula is C17H17ClN4O2S. The van der Waals surface area contributed by atoms with Crippen molar-refractivity contribution in [1.82, 2.24) is 19.9 Å². The first-order chi connectivity index (χ1) is 11.7. The number of hydrogen-bond acceptors (Lipinski definition) is 4. The third kappa shape index (κ3) is 3.83. The van der Waals surface area contributed by atoms with Crippen molar-refractivity contribution in [3.8, 4) is 0 Å². The minimum Gasteiger partial charge on any atom is -0.348 e. The molecule has 3 aromatic heterocycles. The molecule has 3 N–H and O–H groups in total. The second-order valence-corrected chi connectivity index (χ2v) is 8.33. The highest BCUT2D eigenvalue weighted by Gasteiger charge is 2.19. The number of imidazole rings is 1. The highest BCUT2D eigenvalue weighted by molar-refractivity contribution is 7.16. The van der Waals surface area contributed by atoms with Gasteiger partial charge in [0.1, 0.15) is 10.7 Å². The summed E-state index contributed by atoms with van der Waals surface area (Å²) in [5, 5.41) is 0.336. The number of hydrogen-bond donors (Lipinski definition) is 3. The van der Waals surface area contributed by atoms with Crippen LogP contribution in [0.25, 0.3) is 12.2 Å². The van der Waals surface area contributed by atoms with Crippen LogP contribution in [0.15, 0.2) is 28.0 Å². The molecule has 3 aromatic rings. The van der Waals surface area contributed by atoms with Gasteiger partial charge in [0.2, 0.25) is 0 Å². The lowest BCUT2D eigenvalue weighted by atomic mass is 9.90. The predicted octanol–water partition coefficient (Wildman–Crippen LogP) is 1.46. The number of aromatic amines is 3. The molecule has 130 valence electrons. The molecule has 6 nitrogen and oxygen atoms in total. The van der Waals surface area contributed by atoms with Gasteiger partial charge in [-0.15, -0.1) is 11.3 Å². The summed E-state index contributed by atoms with van der Waals surface area (Å²) in [6, 6.07) is 3.52. The highest BCUT2D eigenvalue weighted by Crippen LogP contribution is 2.23. The van der Waals surface area contributed by atoms with E-state index in [1.54, 1.807) is 30.6 Å². The number of H-pyrrole nitrogens is 3. The van der Waals surface area contributed by atoms with E-state index in [0.29, 0.717) is 10.0 Å². The summed E-state index contributed by atoms with van der Waals surface area (Å²) >= 11 is 7.20. The van der Waals surface area contributed by atoms with Gasteiger partial charge in [-0.1, -0.05) is 32.4 Å². The summed E-state index contributed by atoms with van der Waals surface area (Å²) in [6.45, 7) is 6.11. The van der Waals surface area contributed by atoms with E-state index in [1.807, 2.05) is 20.8 Å². The third-order valence-corrected chi connectivity index (χ3v) is 4.74. The molecule has 0 radical (unpaired) electrons. The van der Waals surface area contributed by atoms with Crippen molar-refractivity contribution < 1.29 is 0 Å². The van der Waals surface area contributed by atoms with Crippen molar-refractivity contribution in [2.24, 2.45) is 0 Å². The van der Waals surface area contributed by atoms with Crippen LogP contribution in [0.5, 0.6) is 0 Å². The number of nitrogens with one attached hydrogen (secondary N) is 3. The summed E-state index contributed by atoms with van der Waals surface area (Å²) in [7, 11) is 0. The van der Waals surface area contributed by atoms with Crippen molar-refractivity contribution in [2.75, 3.05) is 0 Å². The van der Waals surface area contributed by atoms with Gasteiger partial charge in [0, 0.05) is 16.0 Å². The lowest BCUT2D eigenvalue weighted by Gasteiger charge is -2.16. The Morgan fingerprint density at radius 1 is 1.08 bits per heavy atom. The monoisotopic (exact) mass is 376 g/mol. The van der Waals surface area contributed by atoms with E-state index in [4.69, 9.17) is 11.6 Å². The molecule has 0 spiro atoms. The molecule has 0 aromatic carbocycles. The van der Waals surface area contributed by atoms with Gasteiger partial charge in [0.05, 0.1) is 16.4 Å². The maximum absolute atomic E-state index is 12.3. The van der Waals surface area contributed by atoms with Crippen LogP contribution in [0.2, 0.25) is 4.34 Å². The molecule has 25 heavy (non-hydrogen) atoms. The first kappa shape index (κ1) is 17.4. The first-order valence-corrected chi connectivity index (χ1v) is 8.79. The van der Waals surface area contributed by atoms with Crippen LogP contribution in [-0.2, 0) is 5.41 Å². The van der Waals surface area contributed by atoms with E-state index in [1.165, 1.54) is 11.3 Å². The maximum Gasteiger partial charge on any atom is 0.272 e. The van der Waals surface area contributed by atoms with Gasteiger partial charge < -0.3 is 15.0 Å². The van der Waals surface area contributed by atoms with Crippen molar-refractivity contribution >= 4 is 35.1 Å². The van der Waals surface area contributed by atoms with Crippen molar-refractivity contribution in [3.05, 3.63) is 70.5 Å². The van der Waals surface area contributed by atoms with E-state index in [0.717, 1.165) is 10.6 Å². The molecule has 0 amide bonds. The lowest BCUT2D eigenvalue weighted by Crippen LogP contribution is -2.46. The molecular weight excluding hydrogens is 360 g/mol. The van der Waals surface area contributed by atoms with Gasteiger partial charge in [-0.05, 0) is 24.3 Å². The number of nitrogens with zero attached hydrogens (tertiary/aromatic N) is 1. The van der Waals surface area contributed by atoms with Crippen molar-refractivity contribution in [3.63, 3.8) is 0 Å². The fraction of sp³-hybridized carbons (Fsp3) is 0.235. The van der Waals surface area contributed by atoms with Crippen LogP contribution in [0, 0.1) is 0 Å². The minimum atomic E-state index is -0.392. The summed E-state index contributed by atoms with van der Waals surface area (Å²) in [6.07, 6.45) is 4.74. The third-order valence-electron chi connectivity index (χ3n) is 3.57. The summed E-state index contributed by atoms with van der Waals surface area (Å²) < 4.78 is 0.614. The highest BCUT2D eigenvalue weighted by atomic mass is 35.5. The fourth-order valence-electron chi connectivity index (χ4n) is 2.40. The van der Waals surface area contributed by atoms with Crippen LogP contribution in [0.1, 0.15) is 37.0 Å². The van der Waals surface area contributed by atoms with Crippen molar-refractivity contribution in [1.29, 1.82) is 0 Å². The molecule has 3 rings (SSSR count). The largest absolute Gasteiger partial charge is 0.348 e. The molecule has 0 saturated carbocycles. The smallest absolute Gasteiger partial charge is 0.272 e. The lowest BCUT2D eigenvalue weighted by molar-refractivity contribution is 0.571. The topological polar surface area (TPSA) is 94.4 Å². The standard InChI is InChI=1S/C17H17ClN4O2S/c1-17(2,3)14-10(19-8-20-14)7-12-16(24)21-11(15(23)22-12)6-9-4-5-13(18)25-9/h4-8H,1-3H3,(H,19,20)(H,21,24)(H,22,23). The minimum absolute atomic E-state index is 0.156. The molecule has 0 aliphatic carbocycles. The Kier molecular flexibility index (Phi) is 4.53. The van der Waals surface area contributed by atoms with Crippen LogP contribution in [0.3, 0.4) is 0 Å². The predicted molar refractivity (Wildman–Crippen MR) is 101 cm³/mol. The number of halogens is 1. The average Bonchev–Trinajstić information content (AvgIpc) is 3.13. The van der Waals surface area contributed by atoms with E-state index in [2.05, 4.69) is 19.9 Å². The van der Waals surface area contributed by atoms with Crippen LogP contribution >= 0.6 is 22.9 Å². The molecule has 0 bridgehead atoms. The van der Waals surface area contributed by atoms with Crippen molar-refractivity contribution in [2.45, 2.75) is 26.2 Å². The Morgan fingerprint density at radius 2 is 1.72 bits per heavy atom. The number of thiophene rings is 1. The Morgan fingerprint density at radius 3 is 2.28 bits per heavy atom. The SMILES string of the molecule is CC(C)(C)c1[nH]cnc1C=c1[nH]c(=O)c(=Cc2ccc(Cl)s2)[nH]c1=O. The molecule has 0 atom stereocenters. The molecule has 0 saturated heterocycles. The van der Waals surface area contributed by atoms with E-state index >= 15 is 0 Å². The van der Waals surface area contributed by atoms with Gasteiger partial charge in [0.25, 0.3) is 11.1 Å². The van der Waals surface area contributed by atoms with Gasteiger partial charge >= 0.3 is 0 Å². The molecule has 3 heterocycles. The molecule has 0 aliphatic rings. The van der Waals surface area contributed by atoms with Gasteiger partial charge in [-0.3, -0.25) is 9.59 Å². The van der Waals surface area contributed by atoms with Crippen LogP contribution in [0.4, 0.5) is 0 Å². The Hall–Kier alpha value is -2.38. The molecule has 0 unspecified atom stereocenters. The zero-order valence-electron chi connectivity index (χ0n) is 13.9. The molecule has 0 aliphatic heterocycles. The van der Waals surface area contributed by atoms with Gasteiger partial charge in [-0.25, -0.2) is 4.98 Å². The molecule has 8 heteroatoms. The Labute approximate surface area is 151 Å². The number of aromatic nitrogens is 4. The average molecular weight is 377 g/mol. The van der Waals surface area contributed by atoms with E-state index in [-0.39, 0.29) is 21.7 Å². The van der Waals surface area contributed by atoms with Crippen LogP contribution in [-0.4, -0.2) is 19.9 Å². The Balaban J connectivity index is 2.14. The molecule has 0 fully saturated rings. The normalized spacial score (nSPS) is 13.6. The number of rotatable bonds is 2. The summed E-state index contributed by atoms with van der Waals surface area (Å²) in [5.74, 6) is 0. The summed E-state index contributed by atoms with van der Waals surface area (Å²) in [5.41, 5.74) is 0.563. The second-order valence-electron chi connectivity index (χ2n) is 6.58. The zero-order valence-corrected chi connectivity index (χ0v) is 15.5. The van der Waals surface area contributed by atoms with E-state index < -0.39 is 5.56 Å². The van der Waals surface area contributed by atoms with Crippen LogP contribution < -0.4 is 21.8 Å². The maximum atomic E-state index is 12.3. The van der Waals surface area contributed by atoms with Gasteiger partial charge in [0.15, 0.2) is 0 Å².